The summed E-state index contributed by atoms with van der Waals surface area (Å²) in [7, 11) is 0. The zero-order chi connectivity index (χ0) is 9.40. The van der Waals surface area contributed by atoms with Crippen LogP contribution in [0.15, 0.2) is 0 Å². The quantitative estimate of drug-likeness (QED) is 0.452. The highest BCUT2D eigenvalue weighted by Gasteiger charge is 2.03. The molecule has 0 unspecified atom stereocenters. The van der Waals surface area contributed by atoms with Crippen molar-refractivity contribution in [2.45, 2.75) is 26.0 Å². The van der Waals surface area contributed by atoms with Crippen molar-refractivity contribution >= 4 is 0 Å². The topological polar surface area (TPSA) is 61.7 Å². The summed E-state index contributed by atoms with van der Waals surface area (Å²) in [6, 6.07) is -0.222. The van der Waals surface area contributed by atoms with Gasteiger partial charge in [0.05, 0.1) is 32.0 Å². The standard InChI is InChI=1S/C8H19NO3/c1-7(2)12-4-3-9-8(5-10)6-11/h7-11H,3-6H2,1-2H3. The van der Waals surface area contributed by atoms with E-state index in [0.717, 1.165) is 0 Å². The van der Waals surface area contributed by atoms with Crippen molar-refractivity contribution < 1.29 is 14.9 Å². The van der Waals surface area contributed by atoms with Gasteiger partial charge in [0.2, 0.25) is 0 Å². The first-order chi connectivity index (χ1) is 5.70. The summed E-state index contributed by atoms with van der Waals surface area (Å²) < 4.78 is 5.26. The van der Waals surface area contributed by atoms with E-state index in [2.05, 4.69) is 5.32 Å². The van der Waals surface area contributed by atoms with E-state index in [0.29, 0.717) is 13.2 Å². The van der Waals surface area contributed by atoms with Crippen molar-refractivity contribution in [3.8, 4) is 0 Å². The smallest absolute Gasteiger partial charge is 0.0607 e. The normalized spacial score (nSPS) is 11.5. The lowest BCUT2D eigenvalue weighted by Gasteiger charge is -2.13. The van der Waals surface area contributed by atoms with Gasteiger partial charge < -0.3 is 20.3 Å². The molecule has 0 saturated carbocycles. The Kier molecular flexibility index (Phi) is 7.39. The summed E-state index contributed by atoms with van der Waals surface area (Å²) in [5.74, 6) is 0. The van der Waals surface area contributed by atoms with Crippen LogP contribution in [0.4, 0.5) is 0 Å². The van der Waals surface area contributed by atoms with Crippen LogP contribution in [0.25, 0.3) is 0 Å². The van der Waals surface area contributed by atoms with Gasteiger partial charge >= 0.3 is 0 Å². The van der Waals surface area contributed by atoms with Crippen molar-refractivity contribution in [1.82, 2.24) is 5.32 Å². The molecule has 0 atom stereocenters. The van der Waals surface area contributed by atoms with E-state index < -0.39 is 0 Å². The molecule has 4 heteroatoms. The van der Waals surface area contributed by atoms with Gasteiger partial charge in [-0.3, -0.25) is 0 Å². The van der Waals surface area contributed by atoms with E-state index in [1.165, 1.54) is 0 Å². The molecule has 0 aliphatic heterocycles. The number of hydrogen-bond donors (Lipinski definition) is 3. The zero-order valence-corrected chi connectivity index (χ0v) is 7.79. The van der Waals surface area contributed by atoms with Gasteiger partial charge in [-0.15, -0.1) is 0 Å². The minimum Gasteiger partial charge on any atom is -0.395 e. The van der Waals surface area contributed by atoms with E-state index >= 15 is 0 Å². The maximum absolute atomic E-state index is 8.67. The number of ether oxygens (including phenoxy) is 1. The minimum atomic E-state index is -0.222. The molecule has 0 aliphatic carbocycles. The molecule has 74 valence electrons. The average molecular weight is 177 g/mol. The highest BCUT2D eigenvalue weighted by Crippen LogP contribution is 1.86. The van der Waals surface area contributed by atoms with E-state index in [1.807, 2.05) is 13.8 Å². The Morgan fingerprint density at radius 2 is 1.83 bits per heavy atom. The van der Waals surface area contributed by atoms with Crippen molar-refractivity contribution in [2.24, 2.45) is 0 Å². The van der Waals surface area contributed by atoms with Crippen LogP contribution in [-0.4, -0.2) is 48.7 Å². The third-order valence-corrected chi connectivity index (χ3v) is 1.43. The first-order valence-corrected chi connectivity index (χ1v) is 4.27. The predicted molar refractivity (Wildman–Crippen MR) is 47.1 cm³/mol. The first kappa shape index (κ1) is 11.8. The summed E-state index contributed by atoms with van der Waals surface area (Å²) in [6.45, 7) is 5.11. The van der Waals surface area contributed by atoms with E-state index in [-0.39, 0.29) is 25.4 Å². The van der Waals surface area contributed by atoms with Crippen LogP contribution in [0.5, 0.6) is 0 Å². The number of rotatable bonds is 7. The van der Waals surface area contributed by atoms with Gasteiger partial charge in [-0.25, -0.2) is 0 Å². The molecule has 0 rings (SSSR count). The number of hydrogen-bond acceptors (Lipinski definition) is 4. The second kappa shape index (κ2) is 7.49. The van der Waals surface area contributed by atoms with Crippen molar-refractivity contribution in [1.29, 1.82) is 0 Å². The van der Waals surface area contributed by atoms with E-state index in [4.69, 9.17) is 14.9 Å². The monoisotopic (exact) mass is 177 g/mol. The molecular formula is C8H19NO3. The highest BCUT2D eigenvalue weighted by atomic mass is 16.5. The predicted octanol–water partition coefficient (Wildman–Crippen LogP) is -0.646. The maximum atomic E-state index is 8.67. The van der Waals surface area contributed by atoms with Crippen LogP contribution in [0.2, 0.25) is 0 Å². The summed E-state index contributed by atoms with van der Waals surface area (Å²) in [5, 5.41) is 20.3. The summed E-state index contributed by atoms with van der Waals surface area (Å²) in [5.41, 5.74) is 0. The lowest BCUT2D eigenvalue weighted by atomic mass is 10.3. The molecule has 4 nitrogen and oxygen atoms in total. The Balaban J connectivity index is 3.17. The van der Waals surface area contributed by atoms with Gasteiger partial charge in [0.25, 0.3) is 0 Å². The lowest BCUT2D eigenvalue weighted by molar-refractivity contribution is 0.0748. The van der Waals surface area contributed by atoms with Crippen molar-refractivity contribution in [3.63, 3.8) is 0 Å². The lowest BCUT2D eigenvalue weighted by Crippen LogP contribution is -2.38. The number of aliphatic hydroxyl groups excluding tert-OH is 2. The molecule has 0 aliphatic rings. The molecule has 0 aromatic rings. The Bertz CT molecular complexity index is 94.3. The van der Waals surface area contributed by atoms with Gasteiger partial charge in [-0.05, 0) is 13.8 Å². The molecule has 0 saturated heterocycles. The molecule has 0 aromatic carbocycles. The second-order valence-electron chi connectivity index (χ2n) is 2.94. The molecule has 0 radical (unpaired) electrons. The van der Waals surface area contributed by atoms with Crippen LogP contribution in [0.3, 0.4) is 0 Å². The zero-order valence-electron chi connectivity index (χ0n) is 7.79. The maximum Gasteiger partial charge on any atom is 0.0607 e. The summed E-state index contributed by atoms with van der Waals surface area (Å²) in [4.78, 5) is 0. The Morgan fingerprint density at radius 3 is 2.25 bits per heavy atom. The van der Waals surface area contributed by atoms with Crippen LogP contribution >= 0.6 is 0 Å². The fraction of sp³-hybridized carbons (Fsp3) is 1.00. The van der Waals surface area contributed by atoms with Gasteiger partial charge in [-0.1, -0.05) is 0 Å². The van der Waals surface area contributed by atoms with Crippen molar-refractivity contribution in [2.75, 3.05) is 26.4 Å². The van der Waals surface area contributed by atoms with Crippen LogP contribution in [-0.2, 0) is 4.74 Å². The van der Waals surface area contributed by atoms with Gasteiger partial charge in [0.1, 0.15) is 0 Å². The van der Waals surface area contributed by atoms with Gasteiger partial charge in [0.15, 0.2) is 0 Å². The average Bonchev–Trinajstić information content (AvgIpc) is 2.04. The molecule has 12 heavy (non-hydrogen) atoms. The molecule has 0 amide bonds. The third kappa shape index (κ3) is 6.54. The van der Waals surface area contributed by atoms with Crippen LogP contribution < -0.4 is 5.32 Å². The highest BCUT2D eigenvalue weighted by molar-refractivity contribution is 4.62. The van der Waals surface area contributed by atoms with Crippen LogP contribution in [0.1, 0.15) is 13.8 Å². The first-order valence-electron chi connectivity index (χ1n) is 4.27. The number of nitrogens with one attached hydrogen (secondary N) is 1. The van der Waals surface area contributed by atoms with Gasteiger partial charge in [-0.2, -0.15) is 0 Å². The Hall–Kier alpha value is -0.160. The summed E-state index contributed by atoms with van der Waals surface area (Å²) >= 11 is 0. The van der Waals surface area contributed by atoms with E-state index in [9.17, 15) is 0 Å². The molecule has 0 spiro atoms. The van der Waals surface area contributed by atoms with Crippen molar-refractivity contribution in [3.05, 3.63) is 0 Å². The number of aliphatic hydroxyl groups is 2. The summed E-state index contributed by atoms with van der Waals surface area (Å²) in [6.07, 6.45) is 0.230. The molecule has 0 fully saturated rings. The largest absolute Gasteiger partial charge is 0.395 e. The molecule has 0 bridgehead atoms. The molecular weight excluding hydrogens is 158 g/mol. The fourth-order valence-corrected chi connectivity index (χ4v) is 0.745. The van der Waals surface area contributed by atoms with Crippen LogP contribution in [0, 0.1) is 0 Å². The van der Waals surface area contributed by atoms with Gasteiger partial charge in [0, 0.05) is 6.54 Å². The molecule has 0 heterocycles. The third-order valence-electron chi connectivity index (χ3n) is 1.43. The second-order valence-corrected chi connectivity index (χ2v) is 2.94. The van der Waals surface area contributed by atoms with E-state index in [1.54, 1.807) is 0 Å². The molecule has 0 aromatic heterocycles. The molecule has 3 N–H and O–H groups in total. The minimum absolute atomic E-state index is 0.0435. The Morgan fingerprint density at radius 1 is 1.25 bits per heavy atom. The Labute approximate surface area is 73.5 Å². The fourth-order valence-electron chi connectivity index (χ4n) is 0.745. The SMILES string of the molecule is CC(C)OCCNC(CO)CO.